The van der Waals surface area contributed by atoms with Crippen molar-refractivity contribution in [3.63, 3.8) is 0 Å². The van der Waals surface area contributed by atoms with E-state index < -0.39 is 0 Å². The van der Waals surface area contributed by atoms with Gasteiger partial charge in [0.1, 0.15) is 0 Å². The summed E-state index contributed by atoms with van der Waals surface area (Å²) in [5.74, 6) is 0.705. The largest absolute Gasteiger partial charge is 0.356 e. The highest BCUT2D eigenvalue weighted by molar-refractivity contribution is 5.94. The minimum absolute atomic E-state index is 0.114. The fraction of sp³-hybridized carbons (Fsp3) is 0.208. The molecule has 0 bridgehead atoms. The number of aromatic nitrogens is 1. The first-order chi connectivity index (χ1) is 14.7. The van der Waals surface area contributed by atoms with E-state index in [0.29, 0.717) is 18.2 Å². The summed E-state index contributed by atoms with van der Waals surface area (Å²) < 4.78 is 0. The maximum absolute atomic E-state index is 12.1. The Morgan fingerprint density at radius 3 is 2.37 bits per heavy atom. The van der Waals surface area contributed by atoms with Gasteiger partial charge >= 0.3 is 0 Å². The second-order valence-corrected chi connectivity index (χ2v) is 6.89. The fourth-order valence-corrected chi connectivity index (χ4v) is 3.18. The Hall–Kier alpha value is -3.67. The molecule has 0 radical (unpaired) electrons. The SMILES string of the molecule is CN=C(NCC(=O)Nc1cccnc1)NCC(Cc1ccccc1)c1ccccc1. The van der Waals surface area contributed by atoms with E-state index in [0.717, 1.165) is 6.42 Å². The van der Waals surface area contributed by atoms with Gasteiger partial charge in [0, 0.05) is 25.7 Å². The number of aliphatic imine (C=N–C) groups is 1. The molecule has 1 amide bonds. The zero-order chi connectivity index (χ0) is 21.0. The molecule has 0 aliphatic heterocycles. The van der Waals surface area contributed by atoms with Gasteiger partial charge in [0.05, 0.1) is 18.4 Å². The van der Waals surface area contributed by atoms with Crippen molar-refractivity contribution < 1.29 is 4.79 Å². The van der Waals surface area contributed by atoms with Crippen LogP contribution in [0.4, 0.5) is 5.69 Å². The maximum atomic E-state index is 12.1. The lowest BCUT2D eigenvalue weighted by Crippen LogP contribution is -2.43. The van der Waals surface area contributed by atoms with Gasteiger partial charge in [-0.25, -0.2) is 0 Å². The van der Waals surface area contributed by atoms with Crippen LogP contribution < -0.4 is 16.0 Å². The Morgan fingerprint density at radius 1 is 0.967 bits per heavy atom. The van der Waals surface area contributed by atoms with E-state index in [1.807, 2.05) is 12.1 Å². The summed E-state index contributed by atoms with van der Waals surface area (Å²) in [6.45, 7) is 0.812. The molecule has 0 fully saturated rings. The van der Waals surface area contributed by atoms with Crippen molar-refractivity contribution in [3.05, 3.63) is 96.3 Å². The molecule has 6 nitrogen and oxygen atoms in total. The molecular formula is C24H27N5O. The van der Waals surface area contributed by atoms with Gasteiger partial charge in [0.15, 0.2) is 5.96 Å². The number of anilines is 1. The highest BCUT2D eigenvalue weighted by atomic mass is 16.1. The predicted molar refractivity (Wildman–Crippen MR) is 122 cm³/mol. The van der Waals surface area contributed by atoms with Crippen molar-refractivity contribution in [3.8, 4) is 0 Å². The summed E-state index contributed by atoms with van der Waals surface area (Å²) in [4.78, 5) is 20.4. The lowest BCUT2D eigenvalue weighted by atomic mass is 9.92. The third-order valence-corrected chi connectivity index (χ3v) is 4.70. The first kappa shape index (κ1) is 21.0. The van der Waals surface area contributed by atoms with Crippen LogP contribution in [0.2, 0.25) is 0 Å². The Bertz CT molecular complexity index is 930. The van der Waals surface area contributed by atoms with Crippen molar-refractivity contribution in [2.75, 3.05) is 25.5 Å². The van der Waals surface area contributed by atoms with Gasteiger partial charge in [-0.05, 0) is 29.7 Å². The molecule has 0 saturated heterocycles. The van der Waals surface area contributed by atoms with Crippen LogP contribution in [0.3, 0.4) is 0 Å². The van der Waals surface area contributed by atoms with E-state index in [1.54, 1.807) is 31.6 Å². The monoisotopic (exact) mass is 401 g/mol. The highest BCUT2D eigenvalue weighted by Crippen LogP contribution is 2.20. The number of pyridine rings is 1. The molecule has 0 aliphatic carbocycles. The molecule has 3 N–H and O–H groups in total. The van der Waals surface area contributed by atoms with Crippen LogP contribution in [0.1, 0.15) is 17.0 Å². The summed E-state index contributed by atoms with van der Waals surface area (Å²) in [6.07, 6.45) is 4.19. The number of hydrogen-bond donors (Lipinski definition) is 3. The Kier molecular flexibility index (Phi) is 7.97. The minimum atomic E-state index is -0.158. The van der Waals surface area contributed by atoms with Crippen LogP contribution in [0.25, 0.3) is 0 Å². The molecule has 154 valence electrons. The molecule has 1 atom stereocenters. The molecule has 0 spiro atoms. The minimum Gasteiger partial charge on any atom is -0.356 e. The van der Waals surface area contributed by atoms with Crippen molar-refractivity contribution in [2.24, 2.45) is 4.99 Å². The predicted octanol–water partition coefficient (Wildman–Crippen LogP) is 3.21. The Labute approximate surface area is 177 Å². The third kappa shape index (κ3) is 6.74. The van der Waals surface area contributed by atoms with E-state index >= 15 is 0 Å². The van der Waals surface area contributed by atoms with Crippen LogP contribution in [-0.4, -0.2) is 37.0 Å². The second kappa shape index (κ2) is 11.4. The number of amides is 1. The summed E-state index contributed by atoms with van der Waals surface area (Å²) in [7, 11) is 1.70. The number of carbonyl (C=O) groups excluding carboxylic acids is 1. The fourth-order valence-electron chi connectivity index (χ4n) is 3.18. The number of carbonyl (C=O) groups is 1. The molecule has 0 aliphatic rings. The molecule has 2 aromatic carbocycles. The van der Waals surface area contributed by atoms with E-state index in [4.69, 9.17) is 0 Å². The molecule has 30 heavy (non-hydrogen) atoms. The molecule has 3 aromatic rings. The lowest BCUT2D eigenvalue weighted by molar-refractivity contribution is -0.115. The first-order valence-electron chi connectivity index (χ1n) is 9.98. The van der Waals surface area contributed by atoms with Gasteiger partial charge < -0.3 is 16.0 Å². The van der Waals surface area contributed by atoms with Crippen molar-refractivity contribution in [1.29, 1.82) is 0 Å². The normalized spacial score (nSPS) is 12.1. The summed E-state index contributed by atoms with van der Waals surface area (Å²) in [5.41, 5.74) is 3.21. The average Bonchev–Trinajstić information content (AvgIpc) is 2.80. The zero-order valence-electron chi connectivity index (χ0n) is 17.1. The van der Waals surface area contributed by atoms with Gasteiger partial charge in [0.2, 0.25) is 5.91 Å². The number of hydrogen-bond acceptors (Lipinski definition) is 3. The third-order valence-electron chi connectivity index (χ3n) is 4.70. The number of guanidine groups is 1. The van der Waals surface area contributed by atoms with Crippen molar-refractivity contribution in [1.82, 2.24) is 15.6 Å². The molecule has 0 saturated carbocycles. The van der Waals surface area contributed by atoms with Crippen LogP contribution in [0.15, 0.2) is 90.2 Å². The number of nitrogens with zero attached hydrogens (tertiary/aromatic N) is 2. The van der Waals surface area contributed by atoms with Crippen LogP contribution in [-0.2, 0) is 11.2 Å². The Morgan fingerprint density at radius 2 is 1.70 bits per heavy atom. The topological polar surface area (TPSA) is 78.4 Å². The Balaban J connectivity index is 1.55. The first-order valence-corrected chi connectivity index (χ1v) is 9.98. The van der Waals surface area contributed by atoms with Gasteiger partial charge in [-0.1, -0.05) is 60.7 Å². The van der Waals surface area contributed by atoms with E-state index in [1.165, 1.54) is 11.1 Å². The van der Waals surface area contributed by atoms with E-state index in [-0.39, 0.29) is 18.4 Å². The van der Waals surface area contributed by atoms with Gasteiger partial charge in [-0.2, -0.15) is 0 Å². The molecule has 3 rings (SSSR count). The van der Waals surface area contributed by atoms with Crippen molar-refractivity contribution >= 4 is 17.6 Å². The highest BCUT2D eigenvalue weighted by Gasteiger charge is 2.13. The molecule has 1 unspecified atom stereocenters. The molecule has 1 heterocycles. The quantitative estimate of drug-likeness (QED) is 0.400. The summed E-state index contributed by atoms with van der Waals surface area (Å²) in [6, 6.07) is 24.5. The van der Waals surface area contributed by atoms with Crippen LogP contribution in [0.5, 0.6) is 0 Å². The summed E-state index contributed by atoms with van der Waals surface area (Å²) in [5, 5.41) is 9.22. The molecular weight excluding hydrogens is 374 g/mol. The summed E-state index contributed by atoms with van der Waals surface area (Å²) >= 11 is 0. The van der Waals surface area contributed by atoms with Gasteiger partial charge in [0.25, 0.3) is 0 Å². The van der Waals surface area contributed by atoms with E-state index in [2.05, 4.69) is 74.5 Å². The molecule has 1 aromatic heterocycles. The van der Waals surface area contributed by atoms with Crippen LogP contribution in [0, 0.1) is 0 Å². The van der Waals surface area contributed by atoms with Crippen LogP contribution >= 0.6 is 0 Å². The number of rotatable bonds is 8. The average molecular weight is 402 g/mol. The standard InChI is InChI=1S/C24H27N5O/c1-25-24(28-18-23(30)29-22-13-8-14-26-17-22)27-16-21(20-11-6-3-7-12-20)15-19-9-4-2-5-10-19/h2-14,17,21H,15-16,18H2,1H3,(H,29,30)(H2,25,27,28). The molecule has 6 heteroatoms. The van der Waals surface area contributed by atoms with Gasteiger partial charge in [-0.15, -0.1) is 0 Å². The smallest absolute Gasteiger partial charge is 0.243 e. The second-order valence-electron chi connectivity index (χ2n) is 6.89. The van der Waals surface area contributed by atoms with Gasteiger partial charge in [-0.3, -0.25) is 14.8 Å². The van der Waals surface area contributed by atoms with Crippen molar-refractivity contribution in [2.45, 2.75) is 12.3 Å². The zero-order valence-corrected chi connectivity index (χ0v) is 17.1. The maximum Gasteiger partial charge on any atom is 0.243 e. The number of benzene rings is 2. The lowest BCUT2D eigenvalue weighted by Gasteiger charge is -2.20. The van der Waals surface area contributed by atoms with E-state index in [9.17, 15) is 4.79 Å². The number of nitrogens with one attached hydrogen (secondary N) is 3.